The summed E-state index contributed by atoms with van der Waals surface area (Å²) in [7, 11) is 0. The lowest BCUT2D eigenvalue weighted by molar-refractivity contribution is -0.104. The second kappa shape index (κ2) is 25.8. The summed E-state index contributed by atoms with van der Waals surface area (Å²) in [5, 5.41) is 3.86. The molecule has 0 radical (unpaired) electrons. The molecule has 2 aromatic rings. The predicted molar refractivity (Wildman–Crippen MR) is 218 cm³/mol. The molecule has 7 atom stereocenters. The third-order valence-corrected chi connectivity index (χ3v) is 11.0. The van der Waals surface area contributed by atoms with Crippen LogP contribution < -0.4 is 22.5 Å². The minimum Gasteiger partial charge on any atom is -0.376 e. The maximum Gasteiger partial charge on any atom is 0.330 e. The van der Waals surface area contributed by atoms with E-state index in [2.05, 4.69) is 26.9 Å². The monoisotopic (exact) mass is 819 g/mol. The number of H-pyrrole nitrogens is 2. The van der Waals surface area contributed by atoms with Gasteiger partial charge in [-0.1, -0.05) is 108 Å². The molecule has 2 aromatic heterocycles. The van der Waals surface area contributed by atoms with Gasteiger partial charge in [-0.3, -0.25) is 28.7 Å². The fourth-order valence-electron chi connectivity index (χ4n) is 7.51. The highest BCUT2D eigenvalue weighted by atomic mass is 19.1. The van der Waals surface area contributed by atoms with Crippen LogP contribution in [0.2, 0.25) is 0 Å². The number of rotatable bonds is 29. The average molecular weight is 820 g/mol. The third kappa shape index (κ3) is 15.5. The minimum atomic E-state index is -1.39. The molecule has 326 valence electrons. The number of ether oxygens (including phenoxy) is 5. The smallest absolute Gasteiger partial charge is 0.330 e. The highest BCUT2D eigenvalue weighted by Gasteiger charge is 2.38. The molecule has 2 fully saturated rings. The summed E-state index contributed by atoms with van der Waals surface area (Å²) in [5.74, 6) is 0. The Morgan fingerprint density at radius 2 is 1.19 bits per heavy atom. The number of aromatic nitrogens is 4. The van der Waals surface area contributed by atoms with Gasteiger partial charge in [-0.2, -0.15) is 0 Å². The van der Waals surface area contributed by atoms with Gasteiger partial charge in [0.1, 0.15) is 30.8 Å². The molecule has 2 aliphatic heterocycles. The number of alkyl halides is 1. The summed E-state index contributed by atoms with van der Waals surface area (Å²) in [5.41, 5.74) is 7.55. The Morgan fingerprint density at radius 1 is 0.741 bits per heavy atom. The van der Waals surface area contributed by atoms with Gasteiger partial charge in [-0.15, -0.1) is 0 Å². The number of hydrogen-bond donors (Lipinski definition) is 2. The quantitative estimate of drug-likeness (QED) is 0.0376. The van der Waals surface area contributed by atoms with Crippen LogP contribution in [-0.2, 0) is 23.7 Å². The SMILES string of the molecule is CCCCCCCCCCCCCCCCCCOC(COC[C@H]1O[C@@H](n2cc(C)c(=O)[nH]c2=O)C[C@@H]1N=[N+]=[N-])COC[C@H]1O[C@@H](n2cc(C)c(=O)[nH]c2=O)C[C@@H]1F. The second-order valence-corrected chi connectivity index (χ2v) is 15.8. The summed E-state index contributed by atoms with van der Waals surface area (Å²) >= 11 is 0. The average Bonchev–Trinajstić information content (AvgIpc) is 3.77. The molecule has 16 nitrogen and oxygen atoms in total. The molecule has 4 rings (SSSR count). The van der Waals surface area contributed by atoms with Gasteiger partial charge >= 0.3 is 11.4 Å². The molecular formula is C41H66FN7O9. The van der Waals surface area contributed by atoms with Crippen LogP contribution in [0, 0.1) is 13.8 Å². The summed E-state index contributed by atoms with van der Waals surface area (Å²) < 4.78 is 47.5. The lowest BCUT2D eigenvalue weighted by Crippen LogP contribution is -2.34. The standard InChI is InChI=1S/C41H66FN7O9/c1-4-5-6-7-8-9-10-11-12-13-14-15-16-17-18-19-20-56-31(25-54-27-34-32(42)21-36(57-34)48-23-29(2)38(50)44-40(48)52)26-55-28-35-33(46-47-43)22-37(58-35)49-24-30(3)39(51)45-41(49)53/h23-24,31-37H,4-22,25-28H2,1-3H3,(H,44,50,52)(H,45,51,53)/t31?,32-,33-,34+,35+,36+,37+/m0/s1. The first-order valence-corrected chi connectivity index (χ1v) is 21.5. The third-order valence-electron chi connectivity index (χ3n) is 11.0. The van der Waals surface area contributed by atoms with E-state index in [4.69, 9.17) is 23.7 Å². The van der Waals surface area contributed by atoms with Gasteiger partial charge in [0.05, 0.1) is 38.6 Å². The van der Waals surface area contributed by atoms with E-state index in [0.29, 0.717) is 17.7 Å². The van der Waals surface area contributed by atoms with Crippen LogP contribution in [0.25, 0.3) is 10.4 Å². The molecule has 2 N–H and O–H groups in total. The minimum absolute atomic E-state index is 0.0312. The Balaban J connectivity index is 1.21. The molecule has 17 heteroatoms. The van der Waals surface area contributed by atoms with E-state index in [1.165, 1.54) is 105 Å². The van der Waals surface area contributed by atoms with Gasteiger partial charge in [0.15, 0.2) is 0 Å². The normalized spacial score (nSPS) is 22.3. The predicted octanol–water partition coefficient (Wildman–Crippen LogP) is 6.98. The van der Waals surface area contributed by atoms with Crippen molar-refractivity contribution in [3.63, 3.8) is 0 Å². The molecule has 2 aliphatic rings. The molecule has 0 bridgehead atoms. The van der Waals surface area contributed by atoms with E-state index in [0.717, 1.165) is 19.3 Å². The van der Waals surface area contributed by atoms with Gasteiger partial charge in [0.2, 0.25) is 0 Å². The second-order valence-electron chi connectivity index (χ2n) is 15.8. The van der Waals surface area contributed by atoms with E-state index in [1.807, 2.05) is 0 Å². The highest BCUT2D eigenvalue weighted by molar-refractivity contribution is 5.03. The van der Waals surface area contributed by atoms with Crippen LogP contribution in [-0.4, -0.2) is 82.7 Å². The molecule has 58 heavy (non-hydrogen) atoms. The van der Waals surface area contributed by atoms with Crippen LogP contribution in [0.4, 0.5) is 4.39 Å². The summed E-state index contributed by atoms with van der Waals surface area (Å²) in [6.07, 6.45) is 18.0. The van der Waals surface area contributed by atoms with Gasteiger partial charge in [-0.25, -0.2) is 14.0 Å². The number of nitrogens with one attached hydrogen (secondary N) is 2. The zero-order chi connectivity index (χ0) is 41.7. The van der Waals surface area contributed by atoms with Crippen molar-refractivity contribution in [2.45, 2.75) is 179 Å². The fraction of sp³-hybridized carbons (Fsp3) is 0.805. The first-order chi connectivity index (χ1) is 28.1. The Kier molecular flexibility index (Phi) is 20.9. The summed E-state index contributed by atoms with van der Waals surface area (Å²) in [6, 6.07) is -0.623. The number of aromatic amines is 2. The maximum atomic E-state index is 15.0. The van der Waals surface area contributed by atoms with Crippen molar-refractivity contribution in [1.29, 1.82) is 0 Å². The van der Waals surface area contributed by atoms with Gasteiger partial charge in [0, 0.05) is 47.9 Å². The number of azide groups is 1. The molecular weight excluding hydrogens is 753 g/mol. The number of nitrogens with zero attached hydrogens (tertiary/aromatic N) is 5. The molecule has 0 aliphatic carbocycles. The topological polar surface area (TPSA) is 205 Å². The van der Waals surface area contributed by atoms with Crippen molar-refractivity contribution in [2.24, 2.45) is 5.11 Å². The van der Waals surface area contributed by atoms with Crippen molar-refractivity contribution in [3.05, 3.63) is 75.6 Å². The summed E-state index contributed by atoms with van der Waals surface area (Å²) in [4.78, 5) is 56.0. The van der Waals surface area contributed by atoms with Crippen molar-refractivity contribution in [3.8, 4) is 0 Å². The van der Waals surface area contributed by atoms with Gasteiger partial charge in [-0.05, 0) is 25.8 Å². The van der Waals surface area contributed by atoms with Crippen molar-refractivity contribution >= 4 is 0 Å². The molecule has 0 aromatic carbocycles. The number of aryl methyl sites for hydroxylation is 2. The zero-order valence-electron chi connectivity index (χ0n) is 34.7. The Bertz CT molecular complexity index is 1790. The lowest BCUT2D eigenvalue weighted by atomic mass is 10.0. The number of hydrogen-bond acceptors (Lipinski definition) is 10. The van der Waals surface area contributed by atoms with E-state index in [-0.39, 0.29) is 39.3 Å². The Morgan fingerprint density at radius 3 is 1.69 bits per heavy atom. The molecule has 0 saturated carbocycles. The summed E-state index contributed by atoms with van der Waals surface area (Å²) in [6.45, 7) is 5.99. The molecule has 0 amide bonds. The fourth-order valence-corrected chi connectivity index (χ4v) is 7.51. The Hall–Kier alpha value is -3.60. The first-order valence-electron chi connectivity index (χ1n) is 21.5. The van der Waals surface area contributed by atoms with Gasteiger partial charge < -0.3 is 23.7 Å². The highest BCUT2D eigenvalue weighted by Crippen LogP contribution is 2.31. The van der Waals surface area contributed by atoms with Crippen LogP contribution in [0.1, 0.15) is 146 Å². The Labute approximate surface area is 339 Å². The zero-order valence-corrected chi connectivity index (χ0v) is 34.7. The lowest BCUT2D eigenvalue weighted by Gasteiger charge is -2.22. The first kappa shape index (κ1) is 47.1. The number of unbranched alkanes of at least 4 members (excludes halogenated alkanes) is 15. The van der Waals surface area contributed by atoms with Gasteiger partial charge in [0.25, 0.3) is 11.1 Å². The molecule has 1 unspecified atom stereocenters. The van der Waals surface area contributed by atoms with Crippen molar-refractivity contribution < 1.29 is 28.1 Å². The number of halogens is 1. The molecule has 2 saturated heterocycles. The van der Waals surface area contributed by atoms with E-state index in [9.17, 15) is 24.7 Å². The van der Waals surface area contributed by atoms with Crippen molar-refractivity contribution in [2.75, 3.05) is 33.0 Å². The molecule has 0 spiro atoms. The van der Waals surface area contributed by atoms with Crippen molar-refractivity contribution in [1.82, 2.24) is 19.1 Å². The van der Waals surface area contributed by atoms with E-state index in [1.54, 1.807) is 13.8 Å². The van der Waals surface area contributed by atoms with Crippen LogP contribution >= 0.6 is 0 Å². The molecule has 4 heterocycles. The van der Waals surface area contributed by atoms with E-state index < -0.39 is 65.5 Å². The van der Waals surface area contributed by atoms with Crippen LogP contribution in [0.5, 0.6) is 0 Å². The van der Waals surface area contributed by atoms with E-state index >= 15 is 4.39 Å². The van der Waals surface area contributed by atoms with Crippen LogP contribution in [0.3, 0.4) is 0 Å². The largest absolute Gasteiger partial charge is 0.376 e. The van der Waals surface area contributed by atoms with Crippen LogP contribution in [0.15, 0.2) is 36.7 Å². The maximum absolute atomic E-state index is 15.0.